The Morgan fingerprint density at radius 2 is 1.88 bits per heavy atom. The number of amides is 1. The van der Waals surface area contributed by atoms with Crippen LogP contribution in [0.5, 0.6) is 0 Å². The molecule has 0 bridgehead atoms. The maximum Gasteiger partial charge on any atom is 0.434 e. The third-order valence-electron chi connectivity index (χ3n) is 3.11. The normalized spacial score (nSPS) is 10.8. The Morgan fingerprint density at radius 1 is 1.27 bits per heavy atom. The van der Waals surface area contributed by atoms with Crippen LogP contribution in [0.25, 0.3) is 5.69 Å². The summed E-state index contributed by atoms with van der Waals surface area (Å²) < 4.78 is 45.4. The van der Waals surface area contributed by atoms with Gasteiger partial charge < -0.3 is 15.8 Å². The highest BCUT2D eigenvalue weighted by Gasteiger charge is 2.41. The molecule has 1 amide bonds. The molecule has 0 saturated heterocycles. The van der Waals surface area contributed by atoms with Crippen molar-refractivity contribution in [1.82, 2.24) is 9.78 Å². The number of hydrogen-bond donors (Lipinski definition) is 2. The molecule has 142 valence electrons. The van der Waals surface area contributed by atoms with E-state index in [2.05, 4.69) is 15.2 Å². The van der Waals surface area contributed by atoms with Gasteiger partial charge in [0, 0.05) is 5.69 Å². The quantitative estimate of drug-likeness (QED) is 0.761. The molecule has 0 saturated carbocycles. The number of hydrogen-bond acceptors (Lipinski definition) is 5. The summed E-state index contributed by atoms with van der Waals surface area (Å²) in [6.07, 6.45) is -4.00. The van der Waals surface area contributed by atoms with E-state index in [1.807, 2.05) is 0 Å². The number of nitrogens with zero attached hydrogens (tertiary/aromatic N) is 2. The minimum Gasteiger partial charge on any atom is -0.462 e. The zero-order valence-corrected chi connectivity index (χ0v) is 14.4. The van der Waals surface area contributed by atoms with Crippen molar-refractivity contribution in [2.24, 2.45) is 5.73 Å². The largest absolute Gasteiger partial charge is 0.462 e. The lowest BCUT2D eigenvalue weighted by Crippen LogP contribution is -2.21. The van der Waals surface area contributed by atoms with Crippen LogP contribution < -0.4 is 11.1 Å². The van der Waals surface area contributed by atoms with Gasteiger partial charge in [-0.1, -0.05) is 0 Å². The van der Waals surface area contributed by atoms with Crippen LogP contribution in [-0.2, 0) is 15.7 Å². The summed E-state index contributed by atoms with van der Waals surface area (Å²) in [5.41, 5.74) is 3.70. The van der Waals surface area contributed by atoms with Gasteiger partial charge in [-0.15, -0.1) is 12.4 Å². The van der Waals surface area contributed by atoms with Crippen LogP contribution in [0.15, 0.2) is 30.5 Å². The molecule has 0 aliphatic rings. The molecule has 3 N–H and O–H groups in total. The SMILES string of the molecule is CCOC(=O)c1cnn(-c2ccc(NC(=O)CN)cc2)c1C(F)(F)F.Cl. The molecule has 2 aromatic rings. The summed E-state index contributed by atoms with van der Waals surface area (Å²) in [7, 11) is 0. The van der Waals surface area contributed by atoms with Crippen molar-refractivity contribution in [3.8, 4) is 5.69 Å². The number of anilines is 1. The monoisotopic (exact) mass is 392 g/mol. The van der Waals surface area contributed by atoms with E-state index < -0.39 is 29.3 Å². The van der Waals surface area contributed by atoms with Crippen LogP contribution in [0.1, 0.15) is 23.0 Å². The second-order valence-electron chi connectivity index (χ2n) is 4.84. The van der Waals surface area contributed by atoms with E-state index in [4.69, 9.17) is 5.73 Å². The molecule has 1 heterocycles. The van der Waals surface area contributed by atoms with E-state index in [1.54, 1.807) is 0 Å². The minimum absolute atomic E-state index is 0. The summed E-state index contributed by atoms with van der Waals surface area (Å²) in [5.74, 6) is -1.54. The van der Waals surface area contributed by atoms with Crippen LogP contribution in [0.4, 0.5) is 18.9 Å². The third-order valence-corrected chi connectivity index (χ3v) is 3.11. The van der Waals surface area contributed by atoms with E-state index >= 15 is 0 Å². The van der Waals surface area contributed by atoms with Crippen molar-refractivity contribution in [3.05, 3.63) is 41.7 Å². The maximum absolute atomic E-state index is 13.4. The molecular weight excluding hydrogens is 377 g/mol. The van der Waals surface area contributed by atoms with Crippen molar-refractivity contribution in [2.45, 2.75) is 13.1 Å². The summed E-state index contributed by atoms with van der Waals surface area (Å²) in [4.78, 5) is 22.9. The van der Waals surface area contributed by atoms with Gasteiger partial charge in [-0.05, 0) is 31.2 Å². The Balaban J connectivity index is 0.00000338. The standard InChI is InChI=1S/C15H15F3N4O3.ClH/c1-2-25-14(24)11-8-20-22(13(11)15(16,17)18)10-5-3-9(4-6-10)21-12(23)7-19;/h3-6,8H,2,7,19H2,1H3,(H,21,23);1H. The number of halogens is 4. The van der Waals surface area contributed by atoms with Crippen LogP contribution >= 0.6 is 12.4 Å². The zero-order valence-electron chi connectivity index (χ0n) is 13.5. The van der Waals surface area contributed by atoms with Gasteiger partial charge >= 0.3 is 12.1 Å². The highest BCUT2D eigenvalue weighted by Crippen LogP contribution is 2.34. The topological polar surface area (TPSA) is 99.2 Å². The van der Waals surface area contributed by atoms with Crippen molar-refractivity contribution in [1.29, 1.82) is 0 Å². The van der Waals surface area contributed by atoms with Crippen molar-refractivity contribution < 1.29 is 27.5 Å². The molecular formula is C15H16ClF3N4O3. The number of alkyl halides is 3. The van der Waals surface area contributed by atoms with Gasteiger partial charge in [-0.3, -0.25) is 4.79 Å². The summed E-state index contributed by atoms with van der Waals surface area (Å²) >= 11 is 0. The Morgan fingerprint density at radius 3 is 2.38 bits per heavy atom. The zero-order chi connectivity index (χ0) is 18.6. The first-order chi connectivity index (χ1) is 11.8. The molecule has 2 rings (SSSR count). The average molecular weight is 393 g/mol. The molecule has 26 heavy (non-hydrogen) atoms. The van der Waals surface area contributed by atoms with Crippen LogP contribution in [0.2, 0.25) is 0 Å². The molecule has 0 unspecified atom stereocenters. The molecule has 0 fully saturated rings. The van der Waals surface area contributed by atoms with Crippen molar-refractivity contribution in [2.75, 3.05) is 18.5 Å². The predicted octanol–water partition coefficient (Wildman–Crippen LogP) is 2.39. The second-order valence-corrected chi connectivity index (χ2v) is 4.84. The predicted molar refractivity (Wildman–Crippen MR) is 89.5 cm³/mol. The van der Waals surface area contributed by atoms with Gasteiger partial charge in [0.1, 0.15) is 5.56 Å². The summed E-state index contributed by atoms with van der Waals surface area (Å²) in [6.45, 7) is 1.21. The van der Waals surface area contributed by atoms with E-state index in [0.717, 1.165) is 6.20 Å². The number of carbonyl (C=O) groups excluding carboxylic acids is 2. The number of nitrogens with one attached hydrogen (secondary N) is 1. The summed E-state index contributed by atoms with van der Waals surface area (Å²) in [6, 6.07) is 5.44. The highest BCUT2D eigenvalue weighted by atomic mass is 35.5. The first-order valence-corrected chi connectivity index (χ1v) is 7.20. The molecule has 1 aromatic carbocycles. The lowest BCUT2D eigenvalue weighted by Gasteiger charge is -2.13. The third kappa shape index (κ3) is 4.73. The molecule has 0 radical (unpaired) electrons. The molecule has 11 heteroatoms. The Hall–Kier alpha value is -2.59. The van der Waals surface area contributed by atoms with Crippen LogP contribution in [0, 0.1) is 0 Å². The number of aromatic nitrogens is 2. The average Bonchev–Trinajstić information content (AvgIpc) is 3.01. The van der Waals surface area contributed by atoms with Gasteiger partial charge in [0.2, 0.25) is 5.91 Å². The van der Waals surface area contributed by atoms with Gasteiger partial charge in [0.15, 0.2) is 5.69 Å². The first kappa shape index (κ1) is 21.5. The smallest absolute Gasteiger partial charge is 0.434 e. The maximum atomic E-state index is 13.4. The lowest BCUT2D eigenvalue weighted by molar-refractivity contribution is -0.143. The van der Waals surface area contributed by atoms with Crippen molar-refractivity contribution >= 4 is 30.0 Å². The fourth-order valence-electron chi connectivity index (χ4n) is 2.07. The van der Waals surface area contributed by atoms with E-state index in [-0.39, 0.29) is 31.2 Å². The Labute approximate surface area is 152 Å². The number of ether oxygens (including phenoxy) is 1. The van der Waals surface area contributed by atoms with E-state index in [0.29, 0.717) is 10.4 Å². The van der Waals surface area contributed by atoms with Gasteiger partial charge in [0.05, 0.1) is 25.0 Å². The lowest BCUT2D eigenvalue weighted by atomic mass is 10.2. The number of carbonyl (C=O) groups is 2. The minimum atomic E-state index is -4.81. The van der Waals surface area contributed by atoms with Gasteiger partial charge in [-0.2, -0.15) is 18.3 Å². The summed E-state index contributed by atoms with van der Waals surface area (Å²) in [5, 5.41) is 6.12. The molecule has 1 aromatic heterocycles. The molecule has 0 atom stereocenters. The van der Waals surface area contributed by atoms with Crippen LogP contribution in [-0.4, -0.2) is 34.8 Å². The molecule has 0 spiro atoms. The van der Waals surface area contributed by atoms with Crippen molar-refractivity contribution in [3.63, 3.8) is 0 Å². The molecule has 0 aliphatic heterocycles. The number of esters is 1. The first-order valence-electron chi connectivity index (χ1n) is 7.20. The second kappa shape index (κ2) is 8.68. The van der Waals surface area contributed by atoms with E-state index in [1.165, 1.54) is 31.2 Å². The molecule has 7 nitrogen and oxygen atoms in total. The fraction of sp³-hybridized carbons (Fsp3) is 0.267. The number of benzene rings is 1. The fourth-order valence-corrected chi connectivity index (χ4v) is 2.07. The Bertz CT molecular complexity index is 775. The number of rotatable bonds is 5. The highest BCUT2D eigenvalue weighted by molar-refractivity contribution is 5.92. The van der Waals surface area contributed by atoms with E-state index in [9.17, 15) is 22.8 Å². The van der Waals surface area contributed by atoms with Gasteiger partial charge in [0.25, 0.3) is 0 Å². The number of nitrogens with two attached hydrogens (primary N) is 1. The van der Waals surface area contributed by atoms with Crippen LogP contribution in [0.3, 0.4) is 0 Å². The molecule has 0 aliphatic carbocycles. The Kier molecular flexibility index (Phi) is 7.16. The van der Waals surface area contributed by atoms with Gasteiger partial charge in [-0.25, -0.2) is 9.48 Å².